The normalized spacial score (nSPS) is 12.3. The molecule has 0 aliphatic carbocycles. The molecule has 0 aliphatic rings. The average Bonchev–Trinajstić information content (AvgIpc) is 2.51. The molecule has 5 nitrogen and oxygen atoms in total. The Hall–Kier alpha value is -2.34. The van der Waals surface area contributed by atoms with E-state index in [0.29, 0.717) is 16.5 Å². The van der Waals surface area contributed by atoms with Crippen molar-refractivity contribution in [2.24, 2.45) is 0 Å². The van der Waals surface area contributed by atoms with Gasteiger partial charge in [0.25, 0.3) is 5.56 Å². The second kappa shape index (κ2) is 5.81. The summed E-state index contributed by atoms with van der Waals surface area (Å²) in [7, 11) is 0. The van der Waals surface area contributed by atoms with Gasteiger partial charge in [0.1, 0.15) is 6.04 Å². The quantitative estimate of drug-likeness (QED) is 0.722. The van der Waals surface area contributed by atoms with E-state index in [-0.39, 0.29) is 11.3 Å². The summed E-state index contributed by atoms with van der Waals surface area (Å²) in [5, 5.41) is 0.465. The fourth-order valence-electron chi connectivity index (χ4n) is 2.42. The van der Waals surface area contributed by atoms with Crippen LogP contribution in [-0.4, -0.2) is 20.3 Å². The first kappa shape index (κ1) is 14.6. The molecule has 0 spiro atoms. The lowest BCUT2D eigenvalue weighted by Gasteiger charge is -2.17. The summed E-state index contributed by atoms with van der Waals surface area (Å²) in [4.78, 5) is 33.1. The minimum atomic E-state index is -0.725. The Morgan fingerprint density at radius 3 is 2.82 bits per heavy atom. The Morgan fingerprint density at radius 1 is 1.32 bits per heavy atom. The summed E-state index contributed by atoms with van der Waals surface area (Å²) < 4.78 is 2.14. The monoisotopic (exact) mass is 357 g/mol. The van der Waals surface area contributed by atoms with Gasteiger partial charge in [0.2, 0.25) is 0 Å². The molecule has 2 aromatic heterocycles. The van der Waals surface area contributed by atoms with Gasteiger partial charge in [0, 0.05) is 22.4 Å². The van der Waals surface area contributed by atoms with Gasteiger partial charge in [0.15, 0.2) is 5.78 Å². The second-order valence-electron chi connectivity index (χ2n) is 4.92. The highest BCUT2D eigenvalue weighted by atomic mass is 79.9. The number of aromatic nitrogens is 3. The van der Waals surface area contributed by atoms with Gasteiger partial charge in [-0.1, -0.05) is 22.0 Å². The molecule has 3 aromatic rings. The molecule has 1 atom stereocenters. The third kappa shape index (κ3) is 2.57. The van der Waals surface area contributed by atoms with Crippen molar-refractivity contribution in [3.8, 4) is 0 Å². The van der Waals surface area contributed by atoms with E-state index in [1.54, 1.807) is 36.7 Å². The van der Waals surface area contributed by atoms with Crippen LogP contribution >= 0.6 is 15.9 Å². The summed E-state index contributed by atoms with van der Waals surface area (Å²) in [6.07, 6.45) is 4.63. The van der Waals surface area contributed by atoms with Gasteiger partial charge >= 0.3 is 0 Å². The summed E-state index contributed by atoms with van der Waals surface area (Å²) >= 11 is 3.35. The molecule has 0 amide bonds. The maximum Gasteiger partial charge on any atom is 0.262 e. The first-order chi connectivity index (χ1) is 10.6. The number of hydrogen-bond donors (Lipinski definition) is 0. The minimum Gasteiger partial charge on any atom is -0.297 e. The topological polar surface area (TPSA) is 64.8 Å². The number of pyridine rings is 1. The van der Waals surface area contributed by atoms with Gasteiger partial charge in [-0.05, 0) is 31.2 Å². The number of fused-ring (bicyclic) bond motifs is 1. The van der Waals surface area contributed by atoms with E-state index in [1.165, 1.54) is 17.8 Å². The Balaban J connectivity index is 2.25. The molecule has 2 heterocycles. The first-order valence-corrected chi connectivity index (χ1v) is 7.44. The number of ketones is 1. The van der Waals surface area contributed by atoms with E-state index < -0.39 is 6.04 Å². The van der Waals surface area contributed by atoms with Crippen molar-refractivity contribution >= 4 is 32.6 Å². The predicted molar refractivity (Wildman–Crippen MR) is 86.8 cm³/mol. The molecule has 1 aromatic carbocycles. The number of carbonyl (C=O) groups excluding carboxylic acids is 1. The van der Waals surface area contributed by atoms with Crippen LogP contribution in [0.25, 0.3) is 10.9 Å². The van der Waals surface area contributed by atoms with Gasteiger partial charge in [-0.15, -0.1) is 0 Å². The highest BCUT2D eigenvalue weighted by molar-refractivity contribution is 9.10. The maximum absolute atomic E-state index is 12.7. The molecule has 0 bridgehead atoms. The molecule has 0 saturated carbocycles. The van der Waals surface area contributed by atoms with Crippen LogP contribution in [0.5, 0.6) is 0 Å². The summed E-state index contributed by atoms with van der Waals surface area (Å²) in [5.74, 6) is -0.147. The first-order valence-electron chi connectivity index (χ1n) is 6.64. The summed E-state index contributed by atoms with van der Waals surface area (Å²) in [6, 6.07) is 8.08. The van der Waals surface area contributed by atoms with Gasteiger partial charge in [-0.25, -0.2) is 4.98 Å². The lowest BCUT2D eigenvalue weighted by atomic mass is 10.1. The fourth-order valence-corrected chi connectivity index (χ4v) is 2.78. The molecule has 6 heteroatoms. The third-order valence-electron chi connectivity index (χ3n) is 3.41. The summed E-state index contributed by atoms with van der Waals surface area (Å²) in [5.41, 5.74) is 1.00. The molecule has 3 rings (SSSR count). The van der Waals surface area contributed by atoms with Crippen molar-refractivity contribution in [2.75, 3.05) is 0 Å². The van der Waals surface area contributed by atoms with E-state index in [4.69, 9.17) is 0 Å². The Morgan fingerprint density at radius 2 is 2.14 bits per heavy atom. The van der Waals surface area contributed by atoms with Crippen molar-refractivity contribution < 1.29 is 4.79 Å². The van der Waals surface area contributed by atoms with Crippen LogP contribution in [0.1, 0.15) is 18.5 Å². The van der Waals surface area contributed by atoms with E-state index >= 15 is 0 Å². The smallest absolute Gasteiger partial charge is 0.262 e. The van der Waals surface area contributed by atoms with Gasteiger partial charge in [-0.2, -0.15) is 0 Å². The number of benzene rings is 1. The highest BCUT2D eigenvalue weighted by Crippen LogP contribution is 2.19. The third-order valence-corrected chi connectivity index (χ3v) is 3.90. The zero-order chi connectivity index (χ0) is 15.7. The van der Waals surface area contributed by atoms with Crippen LogP contribution in [0, 0.1) is 0 Å². The lowest BCUT2D eigenvalue weighted by Crippen LogP contribution is -2.30. The molecule has 0 saturated heterocycles. The fraction of sp³-hybridized carbons (Fsp3) is 0.125. The highest BCUT2D eigenvalue weighted by Gasteiger charge is 2.21. The molecular formula is C16H12BrN3O2. The second-order valence-corrected chi connectivity index (χ2v) is 5.83. The number of Topliss-reactive ketones (excluding diaryl/α,β-unsaturated/α-hetero) is 1. The SMILES string of the molecule is CC(=O)C(c1cccnc1)n1cnc2ccc(Br)cc2c1=O. The van der Waals surface area contributed by atoms with E-state index in [2.05, 4.69) is 25.9 Å². The minimum absolute atomic E-state index is 0.147. The van der Waals surface area contributed by atoms with Crippen molar-refractivity contribution in [1.82, 2.24) is 14.5 Å². The van der Waals surface area contributed by atoms with Crippen LogP contribution in [-0.2, 0) is 4.79 Å². The Labute approximate surface area is 134 Å². The lowest BCUT2D eigenvalue weighted by molar-refractivity contribution is -0.119. The van der Waals surface area contributed by atoms with Crippen molar-refractivity contribution in [3.63, 3.8) is 0 Å². The summed E-state index contributed by atoms with van der Waals surface area (Å²) in [6.45, 7) is 1.45. The zero-order valence-corrected chi connectivity index (χ0v) is 13.3. The van der Waals surface area contributed by atoms with Crippen LogP contribution in [0.2, 0.25) is 0 Å². The molecular weight excluding hydrogens is 346 g/mol. The standard InChI is InChI=1S/C16H12BrN3O2/c1-10(21)15(11-3-2-6-18-8-11)20-9-19-14-5-4-12(17)7-13(14)16(20)22/h2-9,15H,1H3. The van der Waals surface area contributed by atoms with E-state index in [1.807, 2.05) is 6.07 Å². The molecule has 0 fully saturated rings. The van der Waals surface area contributed by atoms with Crippen molar-refractivity contribution in [3.05, 3.63) is 69.4 Å². The van der Waals surface area contributed by atoms with Crippen molar-refractivity contribution in [1.29, 1.82) is 0 Å². The Kier molecular flexibility index (Phi) is 3.85. The van der Waals surface area contributed by atoms with Crippen LogP contribution < -0.4 is 5.56 Å². The molecule has 110 valence electrons. The van der Waals surface area contributed by atoms with E-state index in [9.17, 15) is 9.59 Å². The predicted octanol–water partition coefficient (Wildman–Crippen LogP) is 2.73. The van der Waals surface area contributed by atoms with Crippen LogP contribution in [0.4, 0.5) is 0 Å². The molecule has 0 radical (unpaired) electrons. The van der Waals surface area contributed by atoms with E-state index in [0.717, 1.165) is 4.47 Å². The number of carbonyl (C=O) groups is 1. The number of halogens is 1. The molecule has 0 aliphatic heterocycles. The number of nitrogens with zero attached hydrogens (tertiary/aromatic N) is 3. The molecule has 1 unspecified atom stereocenters. The zero-order valence-electron chi connectivity index (χ0n) is 11.7. The van der Waals surface area contributed by atoms with Crippen molar-refractivity contribution in [2.45, 2.75) is 13.0 Å². The Bertz CT molecular complexity index is 906. The van der Waals surface area contributed by atoms with Gasteiger partial charge < -0.3 is 0 Å². The van der Waals surface area contributed by atoms with Gasteiger partial charge in [-0.3, -0.25) is 19.1 Å². The number of hydrogen-bond acceptors (Lipinski definition) is 4. The maximum atomic E-state index is 12.7. The molecule has 22 heavy (non-hydrogen) atoms. The number of rotatable bonds is 3. The van der Waals surface area contributed by atoms with Gasteiger partial charge in [0.05, 0.1) is 17.2 Å². The van der Waals surface area contributed by atoms with Crippen LogP contribution in [0.3, 0.4) is 0 Å². The average molecular weight is 358 g/mol. The van der Waals surface area contributed by atoms with Crippen LogP contribution in [0.15, 0.2) is 58.3 Å². The molecule has 0 N–H and O–H groups in total. The largest absolute Gasteiger partial charge is 0.297 e.